The summed E-state index contributed by atoms with van der Waals surface area (Å²) in [4.78, 5) is 62.7. The maximum atomic E-state index is 12.3. The van der Waals surface area contributed by atoms with Crippen LogP contribution in [0.1, 0.15) is 109 Å². The monoisotopic (exact) mass is 660 g/mol. The first-order valence-corrected chi connectivity index (χ1v) is 15.4. The smallest absolute Gasteiger partial charge is 0.314 e. The van der Waals surface area contributed by atoms with Crippen LogP contribution >= 0.6 is 0 Å². The standard InChI is InChI=1S/C17H24N2O3.C12H16N2O2.C7H8N2O/c1-15(2,3)13-19-12-11(9-8-10-18-12)17(7,21-13)22-14(20)16(4,5)6;1-8(15)9-6-5-7-13-10(9)14-11(16)12(2,3)4;1-5(10)6-3-2-4-9-7(6)8/h8-10H,1-7H3;5-7H,1-4H3,(H,13,14,16);2-4H,1H3,(H2,8,9). The van der Waals surface area contributed by atoms with Crippen molar-refractivity contribution in [2.24, 2.45) is 21.2 Å². The van der Waals surface area contributed by atoms with E-state index >= 15 is 0 Å². The number of ketones is 2. The third-order valence-corrected chi connectivity index (χ3v) is 6.63. The Morgan fingerprint density at radius 2 is 1.29 bits per heavy atom. The summed E-state index contributed by atoms with van der Waals surface area (Å²) in [6, 6.07) is 10.3. The average Bonchev–Trinajstić information content (AvgIpc) is 2.96. The molecule has 1 aliphatic heterocycles. The number of nitrogen functional groups attached to an aromatic ring is 1. The largest absolute Gasteiger partial charge is 0.434 e. The molecule has 48 heavy (non-hydrogen) atoms. The maximum absolute atomic E-state index is 12.3. The molecule has 4 rings (SSSR count). The Morgan fingerprint density at radius 1 is 0.771 bits per heavy atom. The van der Waals surface area contributed by atoms with Crippen LogP contribution in [0.15, 0.2) is 60.0 Å². The van der Waals surface area contributed by atoms with E-state index < -0.39 is 16.6 Å². The van der Waals surface area contributed by atoms with Crippen LogP contribution in [0, 0.1) is 16.2 Å². The van der Waals surface area contributed by atoms with E-state index in [9.17, 15) is 19.2 Å². The van der Waals surface area contributed by atoms with Crippen LogP contribution in [0.2, 0.25) is 0 Å². The molecular weight excluding hydrogens is 612 g/mol. The summed E-state index contributed by atoms with van der Waals surface area (Å²) in [5, 5.41) is 2.66. The second-order valence-electron chi connectivity index (χ2n) is 14.4. The molecule has 0 aromatic carbocycles. The highest BCUT2D eigenvalue weighted by atomic mass is 16.7. The van der Waals surface area contributed by atoms with E-state index in [0.29, 0.717) is 40.0 Å². The normalized spacial score (nSPS) is 15.5. The lowest BCUT2D eigenvalue weighted by molar-refractivity contribution is -0.212. The molecule has 0 fully saturated rings. The van der Waals surface area contributed by atoms with Gasteiger partial charge in [-0.1, -0.05) is 41.5 Å². The number of hydrogen-bond donors (Lipinski definition) is 2. The van der Waals surface area contributed by atoms with Gasteiger partial charge >= 0.3 is 5.97 Å². The molecule has 3 N–H and O–H groups in total. The molecule has 258 valence electrons. The Balaban J connectivity index is 0.000000269. The van der Waals surface area contributed by atoms with Crippen molar-refractivity contribution in [2.45, 2.75) is 88.9 Å². The highest BCUT2D eigenvalue weighted by Gasteiger charge is 2.44. The number of carbonyl (C=O) groups is 4. The zero-order valence-corrected chi connectivity index (χ0v) is 30.0. The Labute approximate surface area is 283 Å². The molecule has 4 heterocycles. The van der Waals surface area contributed by atoms with Crippen LogP contribution < -0.4 is 11.1 Å². The number of amides is 1. The second-order valence-corrected chi connectivity index (χ2v) is 14.4. The first-order valence-electron chi connectivity index (χ1n) is 15.4. The summed E-state index contributed by atoms with van der Waals surface area (Å²) < 4.78 is 11.7. The summed E-state index contributed by atoms with van der Waals surface area (Å²) in [5.74, 6) is -0.217. The molecule has 3 aromatic rings. The molecule has 0 radical (unpaired) electrons. The number of fused-ring (bicyclic) bond motifs is 1. The van der Waals surface area contributed by atoms with Gasteiger partial charge in [0.25, 0.3) is 5.79 Å². The maximum Gasteiger partial charge on any atom is 0.314 e. The third-order valence-electron chi connectivity index (χ3n) is 6.63. The summed E-state index contributed by atoms with van der Waals surface area (Å²) >= 11 is 0. The van der Waals surface area contributed by atoms with E-state index in [4.69, 9.17) is 15.2 Å². The molecule has 1 unspecified atom stereocenters. The van der Waals surface area contributed by atoms with Gasteiger partial charge in [-0.25, -0.2) is 15.0 Å². The fourth-order valence-corrected chi connectivity index (χ4v) is 3.72. The number of Topliss-reactive ketones (excluding diaryl/α,β-unsaturated/α-hetero) is 2. The Kier molecular flexibility index (Phi) is 12.5. The summed E-state index contributed by atoms with van der Waals surface area (Å²) in [7, 11) is 0. The number of carbonyl (C=O) groups excluding carboxylic acids is 4. The molecule has 12 heteroatoms. The minimum Gasteiger partial charge on any atom is -0.434 e. The molecule has 0 saturated heterocycles. The Bertz CT molecular complexity index is 1680. The van der Waals surface area contributed by atoms with Gasteiger partial charge in [-0.05, 0) is 71.0 Å². The molecule has 0 bridgehead atoms. The Hall–Kier alpha value is -5.00. The van der Waals surface area contributed by atoms with Crippen molar-refractivity contribution in [2.75, 3.05) is 11.1 Å². The van der Waals surface area contributed by atoms with E-state index in [1.807, 2.05) is 47.6 Å². The van der Waals surface area contributed by atoms with Crippen molar-refractivity contribution in [3.05, 3.63) is 71.7 Å². The van der Waals surface area contributed by atoms with Crippen LogP contribution in [0.3, 0.4) is 0 Å². The number of anilines is 2. The van der Waals surface area contributed by atoms with Crippen LogP contribution in [0.4, 0.5) is 17.5 Å². The number of aliphatic imine (C=N–C) groups is 1. The number of esters is 1. The van der Waals surface area contributed by atoms with E-state index in [2.05, 4.69) is 25.3 Å². The van der Waals surface area contributed by atoms with Gasteiger partial charge < -0.3 is 20.5 Å². The SMILES string of the molecule is CC(=O)c1cccnc1N.CC(=O)c1cccnc1NC(=O)C(C)(C)C.CC(C)(C)C(=O)OC1(C)OC(C(C)(C)C)=Nc2ncccc21. The minimum atomic E-state index is -1.22. The van der Waals surface area contributed by atoms with Gasteiger partial charge in [-0.15, -0.1) is 0 Å². The van der Waals surface area contributed by atoms with E-state index in [1.54, 1.807) is 76.6 Å². The quantitative estimate of drug-likeness (QED) is 0.217. The zero-order valence-electron chi connectivity index (χ0n) is 30.0. The average molecular weight is 661 g/mol. The molecule has 3 aromatic heterocycles. The Morgan fingerprint density at radius 3 is 1.77 bits per heavy atom. The lowest BCUT2D eigenvalue weighted by Crippen LogP contribution is -2.43. The molecule has 1 atom stereocenters. The molecule has 1 amide bonds. The van der Waals surface area contributed by atoms with Crippen molar-refractivity contribution in [1.82, 2.24) is 15.0 Å². The number of hydrogen-bond acceptors (Lipinski definition) is 11. The number of nitrogens with one attached hydrogen (secondary N) is 1. The number of ether oxygens (including phenoxy) is 2. The van der Waals surface area contributed by atoms with Crippen LogP contribution in [-0.2, 0) is 24.8 Å². The van der Waals surface area contributed by atoms with Gasteiger partial charge in [0.05, 0.1) is 22.1 Å². The van der Waals surface area contributed by atoms with Gasteiger partial charge in [-0.3, -0.25) is 19.2 Å². The van der Waals surface area contributed by atoms with Crippen LogP contribution in [0.5, 0.6) is 0 Å². The molecule has 0 aliphatic carbocycles. The van der Waals surface area contributed by atoms with Crippen molar-refractivity contribution in [3.8, 4) is 0 Å². The van der Waals surface area contributed by atoms with Gasteiger partial charge in [0, 0.05) is 36.3 Å². The van der Waals surface area contributed by atoms with E-state index in [1.165, 1.54) is 13.8 Å². The third kappa shape index (κ3) is 10.8. The fraction of sp³-hybridized carbons (Fsp3) is 0.444. The van der Waals surface area contributed by atoms with Crippen molar-refractivity contribution >= 4 is 46.8 Å². The number of nitrogens with two attached hydrogens (primary N) is 1. The predicted molar refractivity (Wildman–Crippen MR) is 186 cm³/mol. The van der Waals surface area contributed by atoms with Gasteiger partial charge in [0.2, 0.25) is 5.91 Å². The van der Waals surface area contributed by atoms with Crippen molar-refractivity contribution in [1.29, 1.82) is 0 Å². The lowest BCUT2D eigenvalue weighted by atomic mass is 9.94. The second kappa shape index (κ2) is 15.3. The fourth-order valence-electron chi connectivity index (χ4n) is 3.72. The van der Waals surface area contributed by atoms with Crippen molar-refractivity contribution < 1.29 is 28.7 Å². The number of nitrogens with zero attached hydrogens (tertiary/aromatic N) is 4. The van der Waals surface area contributed by atoms with E-state index in [0.717, 1.165) is 0 Å². The number of aromatic nitrogens is 3. The summed E-state index contributed by atoms with van der Waals surface area (Å²) in [6.07, 6.45) is 4.77. The van der Waals surface area contributed by atoms with Crippen molar-refractivity contribution in [3.63, 3.8) is 0 Å². The van der Waals surface area contributed by atoms with Gasteiger partial charge in [0.15, 0.2) is 23.3 Å². The minimum absolute atomic E-state index is 0.0504. The van der Waals surface area contributed by atoms with Gasteiger partial charge in [0.1, 0.15) is 11.6 Å². The van der Waals surface area contributed by atoms with Gasteiger partial charge in [-0.2, -0.15) is 4.99 Å². The van der Waals surface area contributed by atoms with E-state index in [-0.39, 0.29) is 28.9 Å². The molecule has 1 aliphatic rings. The predicted octanol–water partition coefficient (Wildman–Crippen LogP) is 7.09. The molecule has 0 saturated carbocycles. The summed E-state index contributed by atoms with van der Waals surface area (Å²) in [6.45, 7) is 21.5. The first kappa shape index (κ1) is 39.2. The first-order chi connectivity index (χ1) is 22.0. The number of rotatable bonds is 4. The highest BCUT2D eigenvalue weighted by Crippen LogP contribution is 2.41. The molecular formula is C36H48N6O6. The van der Waals surface area contributed by atoms with Crippen LogP contribution in [0.25, 0.3) is 0 Å². The molecule has 12 nitrogen and oxygen atoms in total. The lowest BCUT2D eigenvalue weighted by Gasteiger charge is -2.38. The summed E-state index contributed by atoms with van der Waals surface area (Å²) in [5.41, 5.74) is 5.52. The number of pyridine rings is 3. The highest BCUT2D eigenvalue weighted by molar-refractivity contribution is 6.03. The topological polar surface area (TPSA) is 176 Å². The molecule has 0 spiro atoms. The van der Waals surface area contributed by atoms with Crippen LogP contribution in [-0.4, -0.2) is 44.3 Å². The zero-order chi connectivity index (χ0) is 36.7.